The maximum atomic E-state index is 15.2. The van der Waals surface area contributed by atoms with Gasteiger partial charge in [-0.15, -0.1) is 0 Å². The molecule has 0 spiro atoms. The summed E-state index contributed by atoms with van der Waals surface area (Å²) in [6.45, 7) is 1.26. The average molecular weight is 464 g/mol. The van der Waals surface area contributed by atoms with Crippen molar-refractivity contribution in [2.75, 3.05) is 13.1 Å². The summed E-state index contributed by atoms with van der Waals surface area (Å²) in [5, 5.41) is 7.21. The zero-order valence-corrected chi connectivity index (χ0v) is 18.3. The number of halogens is 2. The molecule has 1 N–H and O–H groups in total. The molecule has 1 atom stereocenters. The number of rotatable bonds is 5. The molecule has 2 aromatic carbocycles. The van der Waals surface area contributed by atoms with Crippen molar-refractivity contribution >= 4 is 16.9 Å². The van der Waals surface area contributed by atoms with E-state index in [4.69, 9.17) is 4.42 Å². The summed E-state index contributed by atoms with van der Waals surface area (Å²) in [6, 6.07) is 8.96. The Labute approximate surface area is 193 Å². The third-order valence-corrected chi connectivity index (χ3v) is 6.78. The van der Waals surface area contributed by atoms with Crippen LogP contribution in [0.3, 0.4) is 0 Å². The fraction of sp³-hybridized carbons (Fsp3) is 0.320. The van der Waals surface area contributed by atoms with E-state index in [1.807, 2.05) is 4.90 Å². The van der Waals surface area contributed by atoms with Crippen LogP contribution in [0.1, 0.15) is 25.1 Å². The number of nitrogens with zero attached hydrogens (tertiary/aromatic N) is 3. The Bertz CT molecular complexity index is 1470. The van der Waals surface area contributed by atoms with Crippen molar-refractivity contribution in [3.63, 3.8) is 0 Å². The molecule has 7 nitrogen and oxygen atoms in total. The smallest absolute Gasteiger partial charge is 0.348 e. The summed E-state index contributed by atoms with van der Waals surface area (Å²) in [6.07, 6.45) is 4.61. The molecule has 6 rings (SSSR count). The predicted molar refractivity (Wildman–Crippen MR) is 120 cm³/mol. The molecule has 1 aliphatic carbocycles. The Morgan fingerprint density at radius 2 is 1.97 bits per heavy atom. The predicted octanol–water partition coefficient (Wildman–Crippen LogP) is 4.05. The number of hydrogen-bond donors (Lipinski definition) is 1. The summed E-state index contributed by atoms with van der Waals surface area (Å²) in [7, 11) is 0. The van der Waals surface area contributed by atoms with E-state index in [1.54, 1.807) is 24.3 Å². The van der Waals surface area contributed by atoms with Gasteiger partial charge < -0.3 is 9.32 Å². The van der Waals surface area contributed by atoms with Gasteiger partial charge >= 0.3 is 5.69 Å². The molecule has 0 bridgehead atoms. The molecule has 9 heteroatoms. The van der Waals surface area contributed by atoms with Crippen molar-refractivity contribution in [1.29, 1.82) is 0 Å². The van der Waals surface area contributed by atoms with Crippen LogP contribution in [0.25, 0.3) is 27.8 Å². The van der Waals surface area contributed by atoms with Gasteiger partial charge in [0.2, 0.25) is 5.91 Å². The molecular weight excluding hydrogens is 442 g/mol. The Hall–Kier alpha value is -3.75. The highest BCUT2D eigenvalue weighted by Gasteiger charge is 2.37. The van der Waals surface area contributed by atoms with Crippen LogP contribution in [0.5, 0.6) is 0 Å². The fourth-order valence-electron chi connectivity index (χ4n) is 4.82. The van der Waals surface area contributed by atoms with Gasteiger partial charge in [0.25, 0.3) is 0 Å². The number of H-pyrrole nitrogens is 1. The van der Waals surface area contributed by atoms with Gasteiger partial charge in [-0.1, -0.05) is 6.07 Å². The Morgan fingerprint density at radius 1 is 1.12 bits per heavy atom. The van der Waals surface area contributed by atoms with Gasteiger partial charge in [-0.25, -0.2) is 23.2 Å². The summed E-state index contributed by atoms with van der Waals surface area (Å²) in [5.74, 6) is -0.607. The number of fused-ring (bicyclic) bond motifs is 1. The van der Waals surface area contributed by atoms with E-state index in [0.717, 1.165) is 41.3 Å². The molecular formula is C25H22F2N4O3. The highest BCUT2D eigenvalue weighted by Crippen LogP contribution is 2.34. The van der Waals surface area contributed by atoms with E-state index in [2.05, 4.69) is 10.2 Å². The third-order valence-electron chi connectivity index (χ3n) is 6.78. The normalized spacial score (nSPS) is 18.2. The second-order valence-electron chi connectivity index (χ2n) is 9.15. The molecule has 0 unspecified atom stereocenters. The van der Waals surface area contributed by atoms with E-state index in [9.17, 15) is 9.59 Å². The topological polar surface area (TPSA) is 84.1 Å². The molecule has 1 saturated heterocycles. The number of carbonyl (C=O) groups excluding carboxylic acids is 1. The fourth-order valence-corrected chi connectivity index (χ4v) is 4.82. The van der Waals surface area contributed by atoms with Crippen molar-refractivity contribution < 1.29 is 18.0 Å². The van der Waals surface area contributed by atoms with Crippen molar-refractivity contribution in [3.8, 4) is 16.8 Å². The molecule has 34 heavy (non-hydrogen) atoms. The molecule has 2 fully saturated rings. The maximum absolute atomic E-state index is 15.2. The number of hydrogen-bond acceptors (Lipinski definition) is 4. The monoisotopic (exact) mass is 464 g/mol. The van der Waals surface area contributed by atoms with Crippen LogP contribution in [0, 0.1) is 23.5 Å². The summed E-state index contributed by atoms with van der Waals surface area (Å²) in [4.78, 5) is 26.7. The van der Waals surface area contributed by atoms with Gasteiger partial charge in [0.1, 0.15) is 23.0 Å². The Morgan fingerprint density at radius 3 is 2.79 bits per heavy atom. The van der Waals surface area contributed by atoms with Crippen molar-refractivity contribution in [3.05, 3.63) is 70.6 Å². The lowest BCUT2D eigenvalue weighted by atomic mass is 10.0. The Balaban J connectivity index is 1.29. The highest BCUT2D eigenvalue weighted by molar-refractivity contribution is 5.84. The zero-order chi connectivity index (χ0) is 23.4. The number of aromatic nitrogens is 3. The first-order valence-electron chi connectivity index (χ1n) is 11.4. The maximum Gasteiger partial charge on any atom is 0.348 e. The van der Waals surface area contributed by atoms with Gasteiger partial charge in [0.05, 0.1) is 12.0 Å². The molecule has 3 heterocycles. The molecule has 1 aliphatic heterocycles. The SMILES string of the molecule is O=C(C1CC1)N1CC[C@@H](Cc2n[nH]c(=O)n2-c2cc(F)c(-c3ccc4occc4c3)cc2F)C1. The minimum Gasteiger partial charge on any atom is -0.464 e. The van der Waals surface area contributed by atoms with E-state index < -0.39 is 17.3 Å². The average Bonchev–Trinajstić information content (AvgIpc) is 3.22. The second-order valence-corrected chi connectivity index (χ2v) is 9.15. The number of benzene rings is 2. The molecule has 2 aromatic heterocycles. The summed E-state index contributed by atoms with van der Waals surface area (Å²) in [5.41, 5.74) is 0.420. The number of nitrogens with one attached hydrogen (secondary N) is 1. The van der Waals surface area contributed by atoms with Crippen LogP contribution in [0.15, 0.2) is 51.9 Å². The molecule has 174 valence electrons. The van der Waals surface area contributed by atoms with Crippen molar-refractivity contribution in [1.82, 2.24) is 19.7 Å². The van der Waals surface area contributed by atoms with Gasteiger partial charge in [-0.2, -0.15) is 5.10 Å². The molecule has 1 saturated carbocycles. The van der Waals surface area contributed by atoms with Gasteiger partial charge in [-0.05, 0) is 55.0 Å². The van der Waals surface area contributed by atoms with Gasteiger partial charge in [0.15, 0.2) is 0 Å². The number of aromatic amines is 1. The van der Waals surface area contributed by atoms with E-state index in [1.165, 1.54) is 6.26 Å². The molecule has 2 aliphatic rings. The Kier molecular flexibility index (Phi) is 4.86. The second kappa shape index (κ2) is 7.93. The number of likely N-dealkylation sites (tertiary alicyclic amines) is 1. The van der Waals surface area contributed by atoms with Crippen LogP contribution in [-0.4, -0.2) is 38.7 Å². The van der Waals surface area contributed by atoms with Crippen molar-refractivity contribution in [2.45, 2.75) is 25.7 Å². The molecule has 4 aromatic rings. The highest BCUT2D eigenvalue weighted by atomic mass is 19.1. The first-order valence-corrected chi connectivity index (χ1v) is 11.4. The molecule has 0 radical (unpaired) electrons. The van der Waals surface area contributed by atoms with Crippen LogP contribution in [-0.2, 0) is 11.2 Å². The largest absolute Gasteiger partial charge is 0.464 e. The van der Waals surface area contributed by atoms with E-state index >= 15 is 8.78 Å². The lowest BCUT2D eigenvalue weighted by Crippen LogP contribution is -2.30. The quantitative estimate of drug-likeness (QED) is 0.483. The lowest BCUT2D eigenvalue weighted by Gasteiger charge is -2.16. The third kappa shape index (κ3) is 3.61. The minimum atomic E-state index is -0.731. The van der Waals surface area contributed by atoms with Crippen LogP contribution < -0.4 is 5.69 Å². The first kappa shape index (κ1) is 20.8. The minimum absolute atomic E-state index is 0.0902. The van der Waals surface area contributed by atoms with Crippen LogP contribution in [0.2, 0.25) is 0 Å². The first-order chi connectivity index (χ1) is 16.5. The van der Waals surface area contributed by atoms with E-state index in [-0.39, 0.29) is 29.0 Å². The summed E-state index contributed by atoms with van der Waals surface area (Å²) < 4.78 is 36.8. The van der Waals surface area contributed by atoms with Gasteiger partial charge in [-0.3, -0.25) is 4.79 Å². The van der Waals surface area contributed by atoms with Gasteiger partial charge in [0, 0.05) is 42.4 Å². The summed E-state index contributed by atoms with van der Waals surface area (Å²) >= 11 is 0. The van der Waals surface area contributed by atoms with Crippen LogP contribution in [0.4, 0.5) is 8.78 Å². The zero-order valence-electron chi connectivity index (χ0n) is 18.3. The molecule has 1 amide bonds. The van der Waals surface area contributed by atoms with E-state index in [0.29, 0.717) is 36.5 Å². The standard InChI is InChI=1S/C25H22F2N4O3/c26-19-12-21(20(27)11-18(19)16-3-4-22-17(10-16)6-8-34-22)31-23(28-29-25(31)33)9-14-5-7-30(13-14)24(32)15-1-2-15/h3-4,6,8,10-12,14-15H,1-2,5,7,9,13H2,(H,29,33)/t14-/m0/s1. The lowest BCUT2D eigenvalue weighted by molar-refractivity contribution is -0.131. The number of carbonyl (C=O) groups is 1. The van der Waals surface area contributed by atoms with Crippen molar-refractivity contribution in [2.24, 2.45) is 11.8 Å². The number of amides is 1. The number of furan rings is 1. The van der Waals surface area contributed by atoms with Crippen LogP contribution >= 0.6 is 0 Å².